The summed E-state index contributed by atoms with van der Waals surface area (Å²) in [5.41, 5.74) is 3.13. The van der Waals surface area contributed by atoms with Crippen molar-refractivity contribution in [2.24, 2.45) is 5.41 Å². The van der Waals surface area contributed by atoms with E-state index in [1.54, 1.807) is 37.4 Å². The number of nitrogens with zero attached hydrogens (tertiary/aromatic N) is 10. The van der Waals surface area contributed by atoms with Crippen LogP contribution in [-0.2, 0) is 0 Å². The highest BCUT2D eigenvalue weighted by atomic mass is 16.2. The number of aromatic nitrogens is 8. The normalized spacial score (nSPS) is 18.9. The Morgan fingerprint density at radius 3 is 1.83 bits per heavy atom. The highest BCUT2D eigenvalue weighted by molar-refractivity contribution is 5.95. The van der Waals surface area contributed by atoms with Gasteiger partial charge in [0.05, 0.1) is 27.4 Å². The quantitative estimate of drug-likeness (QED) is 0.272. The Hall–Kier alpha value is -5.92. The first-order valence-electron chi connectivity index (χ1n) is 18.0. The zero-order chi connectivity index (χ0) is 35.1. The number of carbonyl (C=O) groups excluding carboxylic acids is 2. The second kappa shape index (κ2) is 13.0. The molecule has 6 aromatic heterocycles. The van der Waals surface area contributed by atoms with E-state index in [2.05, 4.69) is 54.6 Å². The highest BCUT2D eigenvalue weighted by Crippen LogP contribution is 2.49. The molecule has 6 aromatic rings. The monoisotopic (exact) mass is 696 g/mol. The van der Waals surface area contributed by atoms with Gasteiger partial charge in [-0.05, 0) is 68.5 Å². The summed E-state index contributed by atoms with van der Waals surface area (Å²) in [6.45, 7) is 5.66. The third-order valence-electron chi connectivity index (χ3n) is 11.0. The lowest BCUT2D eigenvalue weighted by Crippen LogP contribution is -2.46. The minimum atomic E-state index is -0.0863. The lowest BCUT2D eigenvalue weighted by Gasteiger charge is -2.32. The Kier molecular flexibility index (Phi) is 8.01. The Labute approximate surface area is 300 Å². The number of rotatable bonds is 4. The van der Waals surface area contributed by atoms with Crippen molar-refractivity contribution in [3.05, 3.63) is 97.4 Å². The van der Waals surface area contributed by atoms with Gasteiger partial charge in [-0.1, -0.05) is 0 Å². The maximum Gasteiger partial charge on any atom is 0.255 e. The minimum Gasteiger partial charge on any atom is -0.354 e. The van der Waals surface area contributed by atoms with Gasteiger partial charge in [-0.15, -0.1) is 0 Å². The van der Waals surface area contributed by atoms with Crippen LogP contribution >= 0.6 is 0 Å². The SMILES string of the molecule is O=C(c1cccnc1)N1CCCN(c2ncnc3[nH]ccc23)CC12CC2.O=C(c1cccnc1)N1CCN(c2ncnc3[nH]ccc23)CC2(CC2)C1. The number of anilines is 2. The molecular formula is C38H40N12O2. The number of pyridine rings is 2. The van der Waals surface area contributed by atoms with Gasteiger partial charge in [0.2, 0.25) is 0 Å². The van der Waals surface area contributed by atoms with Crippen molar-refractivity contribution < 1.29 is 9.59 Å². The zero-order valence-electron chi connectivity index (χ0n) is 28.9. The molecule has 10 rings (SSSR count). The van der Waals surface area contributed by atoms with Crippen LogP contribution in [0.5, 0.6) is 0 Å². The molecule has 0 unspecified atom stereocenters. The van der Waals surface area contributed by atoms with Gasteiger partial charge in [-0.2, -0.15) is 0 Å². The van der Waals surface area contributed by atoms with E-state index in [4.69, 9.17) is 0 Å². The van der Waals surface area contributed by atoms with Gasteiger partial charge in [-0.3, -0.25) is 19.6 Å². The van der Waals surface area contributed by atoms with Crippen molar-refractivity contribution in [2.75, 3.05) is 55.6 Å². The third-order valence-corrected chi connectivity index (χ3v) is 11.0. The van der Waals surface area contributed by atoms with Crippen molar-refractivity contribution >= 4 is 45.5 Å². The van der Waals surface area contributed by atoms with Crippen molar-refractivity contribution in [3.8, 4) is 0 Å². The summed E-state index contributed by atoms with van der Waals surface area (Å²) in [5, 5.41) is 2.07. The van der Waals surface area contributed by atoms with Gasteiger partial charge in [0, 0.05) is 88.4 Å². The Morgan fingerprint density at radius 2 is 1.25 bits per heavy atom. The molecule has 0 atom stereocenters. The summed E-state index contributed by atoms with van der Waals surface area (Å²) in [6.07, 6.45) is 19.0. The molecule has 0 aromatic carbocycles. The van der Waals surface area contributed by atoms with Crippen molar-refractivity contribution in [3.63, 3.8) is 0 Å². The molecule has 2 spiro atoms. The number of aromatic amines is 2. The number of hydrogen-bond acceptors (Lipinski definition) is 10. The fraction of sp³-hybridized carbons (Fsp3) is 0.368. The summed E-state index contributed by atoms with van der Waals surface area (Å²) >= 11 is 0. The van der Waals surface area contributed by atoms with E-state index in [9.17, 15) is 9.59 Å². The Morgan fingerprint density at radius 1 is 0.635 bits per heavy atom. The van der Waals surface area contributed by atoms with E-state index in [0.717, 1.165) is 105 Å². The smallest absolute Gasteiger partial charge is 0.255 e. The van der Waals surface area contributed by atoms with Gasteiger partial charge < -0.3 is 29.6 Å². The molecule has 4 aliphatic rings. The van der Waals surface area contributed by atoms with E-state index < -0.39 is 0 Å². The van der Waals surface area contributed by atoms with Crippen LogP contribution in [0.4, 0.5) is 11.6 Å². The van der Waals surface area contributed by atoms with Crippen molar-refractivity contribution in [1.82, 2.24) is 49.7 Å². The molecule has 52 heavy (non-hydrogen) atoms. The number of amides is 2. The van der Waals surface area contributed by atoms with Gasteiger partial charge in [0.25, 0.3) is 11.8 Å². The van der Waals surface area contributed by atoms with Crippen LogP contribution in [0.3, 0.4) is 0 Å². The minimum absolute atomic E-state index is 0.0701. The molecule has 264 valence electrons. The van der Waals surface area contributed by atoms with E-state index in [1.165, 1.54) is 0 Å². The second-order valence-corrected chi connectivity index (χ2v) is 14.5. The predicted molar refractivity (Wildman–Crippen MR) is 196 cm³/mol. The molecule has 4 fully saturated rings. The van der Waals surface area contributed by atoms with Crippen LogP contribution in [0.1, 0.15) is 52.8 Å². The molecule has 2 saturated carbocycles. The molecule has 2 N–H and O–H groups in total. The highest BCUT2D eigenvalue weighted by Gasteiger charge is 2.52. The number of nitrogens with one attached hydrogen (secondary N) is 2. The lowest BCUT2D eigenvalue weighted by molar-refractivity contribution is 0.0668. The fourth-order valence-electron chi connectivity index (χ4n) is 7.89. The molecule has 14 nitrogen and oxygen atoms in total. The van der Waals surface area contributed by atoms with E-state index in [1.807, 2.05) is 53.7 Å². The van der Waals surface area contributed by atoms with E-state index >= 15 is 0 Å². The van der Waals surface area contributed by atoms with Gasteiger partial charge in [0.1, 0.15) is 35.6 Å². The molecular weight excluding hydrogens is 656 g/mol. The first-order chi connectivity index (χ1) is 25.5. The third kappa shape index (κ3) is 6.07. The molecule has 2 amide bonds. The first-order valence-corrected chi connectivity index (χ1v) is 18.0. The average molecular weight is 697 g/mol. The van der Waals surface area contributed by atoms with Crippen LogP contribution in [0.25, 0.3) is 22.1 Å². The Balaban J connectivity index is 0.000000138. The molecule has 0 radical (unpaired) electrons. The molecule has 2 aliphatic carbocycles. The molecule has 8 heterocycles. The van der Waals surface area contributed by atoms with Crippen LogP contribution in [0, 0.1) is 5.41 Å². The zero-order valence-corrected chi connectivity index (χ0v) is 28.9. The summed E-state index contributed by atoms with van der Waals surface area (Å²) < 4.78 is 0. The number of fused-ring (bicyclic) bond motifs is 2. The standard InChI is InChI=1S/2C19H20N6O/c26-18(14-3-1-7-20-11-14)25-10-2-9-24(12-19(25)5-6-19)17-15-4-8-21-16(15)22-13-23-17;26-18(14-2-1-6-20-10-14)25-9-8-24(11-19(12-25)4-5-19)17-15-3-7-21-16(15)22-13-23-17/h1,3-4,7-8,11,13H,2,5-6,9-10,12H2,(H,21,22,23);1-3,6-7,10,13H,4-5,8-9,11-12H2,(H,21,22,23). The summed E-state index contributed by atoms with van der Waals surface area (Å²) in [4.78, 5) is 66.8. The van der Waals surface area contributed by atoms with E-state index in [0.29, 0.717) is 17.7 Å². The first kappa shape index (κ1) is 32.0. The molecule has 2 aliphatic heterocycles. The average Bonchev–Trinajstić information content (AvgIpc) is 4.06. The number of carbonyl (C=O) groups is 2. The number of H-pyrrole nitrogens is 2. The van der Waals surface area contributed by atoms with Crippen molar-refractivity contribution in [1.29, 1.82) is 0 Å². The van der Waals surface area contributed by atoms with Crippen LogP contribution < -0.4 is 9.80 Å². The topological polar surface area (TPSA) is 156 Å². The van der Waals surface area contributed by atoms with Crippen molar-refractivity contribution in [2.45, 2.75) is 37.6 Å². The molecule has 2 saturated heterocycles. The fourth-order valence-corrected chi connectivity index (χ4v) is 7.89. The maximum atomic E-state index is 13.1. The van der Waals surface area contributed by atoms with Gasteiger partial charge in [0.15, 0.2) is 0 Å². The predicted octanol–water partition coefficient (Wildman–Crippen LogP) is 4.33. The largest absolute Gasteiger partial charge is 0.354 e. The van der Waals surface area contributed by atoms with Gasteiger partial charge in [-0.25, -0.2) is 19.9 Å². The Bertz CT molecular complexity index is 2140. The lowest BCUT2D eigenvalue weighted by atomic mass is 10.1. The molecule has 14 heteroatoms. The maximum absolute atomic E-state index is 13.1. The number of hydrogen-bond donors (Lipinski definition) is 2. The van der Waals surface area contributed by atoms with E-state index in [-0.39, 0.29) is 22.8 Å². The second-order valence-electron chi connectivity index (χ2n) is 14.5. The molecule has 0 bridgehead atoms. The summed E-state index contributed by atoms with van der Waals surface area (Å²) in [6, 6.07) is 11.4. The van der Waals surface area contributed by atoms with Crippen LogP contribution in [0.2, 0.25) is 0 Å². The summed E-state index contributed by atoms with van der Waals surface area (Å²) in [5.74, 6) is 2.07. The summed E-state index contributed by atoms with van der Waals surface area (Å²) in [7, 11) is 0. The van der Waals surface area contributed by atoms with Crippen LogP contribution in [0.15, 0.2) is 86.2 Å². The van der Waals surface area contributed by atoms with Crippen LogP contribution in [-0.4, -0.2) is 113 Å². The van der Waals surface area contributed by atoms with Gasteiger partial charge >= 0.3 is 0 Å².